The lowest BCUT2D eigenvalue weighted by molar-refractivity contribution is 0.497. The molecule has 1 aliphatic heterocycles. The third-order valence-electron chi connectivity index (χ3n) is 2.95. The van der Waals surface area contributed by atoms with Gasteiger partial charge in [-0.3, -0.25) is 0 Å². The fraction of sp³-hybridized carbons (Fsp3) is 0.545. The van der Waals surface area contributed by atoms with Crippen molar-refractivity contribution in [2.45, 2.75) is 26.3 Å². The monoisotopic (exact) mass is 191 g/mol. The van der Waals surface area contributed by atoms with Crippen LogP contribution in [0.15, 0.2) is 12.1 Å². The van der Waals surface area contributed by atoms with E-state index in [0.29, 0.717) is 0 Å². The van der Waals surface area contributed by atoms with Gasteiger partial charge in [-0.2, -0.15) is 0 Å². The first kappa shape index (κ1) is 9.31. The normalized spacial score (nSPS) is 18.7. The number of hydrogen-bond donors (Lipinski definition) is 1. The molecule has 0 fully saturated rings. The van der Waals surface area contributed by atoms with Gasteiger partial charge in [-0.05, 0) is 32.9 Å². The lowest BCUT2D eigenvalue weighted by Crippen LogP contribution is -2.50. The van der Waals surface area contributed by atoms with Crippen LogP contribution >= 0.6 is 0 Å². The predicted molar refractivity (Wildman–Crippen MR) is 59.9 cm³/mol. The van der Waals surface area contributed by atoms with Crippen molar-refractivity contribution >= 4 is 11.5 Å². The average Bonchev–Trinajstić information content (AvgIpc) is 2.13. The summed E-state index contributed by atoms with van der Waals surface area (Å²) in [6.45, 7) is 7.41. The van der Waals surface area contributed by atoms with Crippen LogP contribution in [0.1, 0.15) is 19.5 Å². The highest BCUT2D eigenvalue weighted by atomic mass is 15.3. The number of likely N-dealkylation sites (N-methyl/N-ethyl adjacent to an activating group) is 1. The third kappa shape index (κ3) is 1.33. The predicted octanol–water partition coefficient (Wildman–Crippen LogP) is 2.03. The van der Waals surface area contributed by atoms with Gasteiger partial charge >= 0.3 is 0 Å². The van der Waals surface area contributed by atoms with Crippen LogP contribution in [0.5, 0.6) is 0 Å². The standard InChI is InChI=1S/C11H17N3/c1-8-5-6-9-10(13-8)14(4)11(2,3)7-12-9/h5-6,12H,7H2,1-4H3. The fourth-order valence-corrected chi connectivity index (χ4v) is 1.65. The Labute approximate surface area is 85.1 Å². The van der Waals surface area contributed by atoms with Crippen LogP contribution in [0.25, 0.3) is 0 Å². The van der Waals surface area contributed by atoms with Crippen LogP contribution in [0.3, 0.4) is 0 Å². The molecular formula is C11H17N3. The summed E-state index contributed by atoms with van der Waals surface area (Å²) in [5.74, 6) is 1.06. The van der Waals surface area contributed by atoms with Crippen LogP contribution in [0, 0.1) is 6.92 Å². The summed E-state index contributed by atoms with van der Waals surface area (Å²) < 4.78 is 0. The van der Waals surface area contributed by atoms with Crippen LogP contribution < -0.4 is 10.2 Å². The molecule has 1 N–H and O–H groups in total. The smallest absolute Gasteiger partial charge is 0.152 e. The lowest BCUT2D eigenvalue weighted by Gasteiger charge is -2.42. The number of aryl methyl sites for hydroxylation is 1. The quantitative estimate of drug-likeness (QED) is 0.680. The number of hydrogen-bond acceptors (Lipinski definition) is 3. The van der Waals surface area contributed by atoms with Crippen molar-refractivity contribution in [3.8, 4) is 0 Å². The second-order valence-electron chi connectivity index (χ2n) is 4.55. The van der Waals surface area contributed by atoms with E-state index in [1.807, 2.05) is 13.0 Å². The van der Waals surface area contributed by atoms with E-state index in [2.05, 4.69) is 42.2 Å². The largest absolute Gasteiger partial charge is 0.380 e. The van der Waals surface area contributed by atoms with Gasteiger partial charge in [0, 0.05) is 19.3 Å². The van der Waals surface area contributed by atoms with Gasteiger partial charge in [0.2, 0.25) is 0 Å². The zero-order chi connectivity index (χ0) is 10.3. The van der Waals surface area contributed by atoms with Gasteiger partial charge < -0.3 is 10.2 Å². The summed E-state index contributed by atoms with van der Waals surface area (Å²) in [6, 6.07) is 4.14. The van der Waals surface area contributed by atoms with E-state index in [-0.39, 0.29) is 5.54 Å². The maximum absolute atomic E-state index is 4.55. The van der Waals surface area contributed by atoms with E-state index in [0.717, 1.165) is 23.7 Å². The molecule has 0 aliphatic carbocycles. The zero-order valence-corrected chi connectivity index (χ0v) is 9.26. The number of aromatic nitrogens is 1. The van der Waals surface area contributed by atoms with Crippen molar-refractivity contribution in [2.75, 3.05) is 23.8 Å². The van der Waals surface area contributed by atoms with Crippen LogP contribution in [0.4, 0.5) is 11.5 Å². The van der Waals surface area contributed by atoms with Crippen molar-refractivity contribution in [3.63, 3.8) is 0 Å². The third-order valence-corrected chi connectivity index (χ3v) is 2.95. The topological polar surface area (TPSA) is 28.2 Å². The molecule has 3 heteroatoms. The molecule has 0 amide bonds. The summed E-state index contributed by atoms with van der Waals surface area (Å²) in [5.41, 5.74) is 2.33. The molecular weight excluding hydrogens is 174 g/mol. The molecule has 0 saturated heterocycles. The molecule has 1 aromatic rings. The highest BCUT2D eigenvalue weighted by Gasteiger charge is 2.30. The molecule has 0 unspecified atom stereocenters. The highest BCUT2D eigenvalue weighted by Crippen LogP contribution is 2.32. The Morgan fingerprint density at radius 1 is 1.43 bits per heavy atom. The molecule has 76 valence electrons. The minimum Gasteiger partial charge on any atom is -0.380 e. The maximum atomic E-state index is 4.55. The number of rotatable bonds is 0. The summed E-state index contributed by atoms with van der Waals surface area (Å²) in [7, 11) is 2.10. The second-order valence-corrected chi connectivity index (χ2v) is 4.55. The minimum absolute atomic E-state index is 0.133. The Morgan fingerprint density at radius 2 is 2.14 bits per heavy atom. The molecule has 0 saturated carbocycles. The lowest BCUT2D eigenvalue weighted by atomic mass is 10.0. The number of nitrogens with one attached hydrogen (secondary N) is 1. The van der Waals surface area contributed by atoms with E-state index < -0.39 is 0 Å². The fourth-order valence-electron chi connectivity index (χ4n) is 1.65. The highest BCUT2D eigenvalue weighted by molar-refractivity contribution is 5.69. The average molecular weight is 191 g/mol. The van der Waals surface area contributed by atoms with Crippen LogP contribution in [0.2, 0.25) is 0 Å². The number of anilines is 2. The molecule has 2 rings (SSSR count). The molecule has 3 nitrogen and oxygen atoms in total. The second kappa shape index (κ2) is 2.87. The first-order valence-corrected chi connectivity index (χ1v) is 4.96. The maximum Gasteiger partial charge on any atom is 0.152 e. The van der Waals surface area contributed by atoms with Crippen LogP contribution in [-0.2, 0) is 0 Å². The molecule has 0 atom stereocenters. The first-order chi connectivity index (χ1) is 6.50. The van der Waals surface area contributed by atoms with Crippen molar-refractivity contribution in [1.82, 2.24) is 4.98 Å². The van der Waals surface area contributed by atoms with Crippen LogP contribution in [-0.4, -0.2) is 24.1 Å². The van der Waals surface area contributed by atoms with Gasteiger partial charge in [0.25, 0.3) is 0 Å². The Balaban J connectivity index is 2.48. The zero-order valence-electron chi connectivity index (χ0n) is 9.26. The first-order valence-electron chi connectivity index (χ1n) is 4.96. The van der Waals surface area contributed by atoms with Crippen molar-refractivity contribution in [2.24, 2.45) is 0 Å². The van der Waals surface area contributed by atoms with E-state index in [1.54, 1.807) is 0 Å². The summed E-state index contributed by atoms with van der Waals surface area (Å²) in [5, 5.41) is 3.41. The number of fused-ring (bicyclic) bond motifs is 1. The SMILES string of the molecule is Cc1ccc2c(n1)N(C)C(C)(C)CN2. The minimum atomic E-state index is 0.133. The van der Waals surface area contributed by atoms with Gasteiger partial charge in [0.1, 0.15) is 0 Å². The molecule has 14 heavy (non-hydrogen) atoms. The van der Waals surface area contributed by atoms with E-state index in [4.69, 9.17) is 0 Å². The Morgan fingerprint density at radius 3 is 2.86 bits per heavy atom. The number of nitrogens with zero attached hydrogens (tertiary/aromatic N) is 2. The number of pyridine rings is 1. The van der Waals surface area contributed by atoms with E-state index >= 15 is 0 Å². The van der Waals surface area contributed by atoms with E-state index in [9.17, 15) is 0 Å². The van der Waals surface area contributed by atoms with Gasteiger partial charge in [-0.25, -0.2) is 4.98 Å². The van der Waals surface area contributed by atoms with Crippen molar-refractivity contribution < 1.29 is 0 Å². The van der Waals surface area contributed by atoms with E-state index in [1.165, 1.54) is 0 Å². The molecule has 1 aliphatic rings. The Kier molecular flexibility index (Phi) is 1.91. The van der Waals surface area contributed by atoms with Gasteiger partial charge in [-0.1, -0.05) is 0 Å². The van der Waals surface area contributed by atoms with Crippen molar-refractivity contribution in [1.29, 1.82) is 0 Å². The van der Waals surface area contributed by atoms with Gasteiger partial charge in [-0.15, -0.1) is 0 Å². The molecule has 0 bridgehead atoms. The summed E-state index contributed by atoms with van der Waals surface area (Å²) in [6.07, 6.45) is 0. The Bertz CT molecular complexity index is 358. The molecule has 0 aromatic carbocycles. The van der Waals surface area contributed by atoms with Gasteiger partial charge in [0.05, 0.1) is 11.2 Å². The molecule has 0 spiro atoms. The molecule has 0 radical (unpaired) electrons. The Hall–Kier alpha value is -1.25. The molecule has 1 aromatic heterocycles. The van der Waals surface area contributed by atoms with Gasteiger partial charge in [0.15, 0.2) is 5.82 Å². The summed E-state index contributed by atoms with van der Waals surface area (Å²) in [4.78, 5) is 6.80. The molecule has 2 heterocycles. The van der Waals surface area contributed by atoms with Crippen molar-refractivity contribution in [3.05, 3.63) is 17.8 Å². The summed E-state index contributed by atoms with van der Waals surface area (Å²) >= 11 is 0.